The first kappa shape index (κ1) is 8.98. The standard InChI is InChI=1S/C9H18FN/c1-9(4-2-3-5-9)8-11-7-6-10/h11H,2-8H2,1H3. The van der Waals surface area contributed by atoms with Crippen molar-refractivity contribution in [3.8, 4) is 0 Å². The predicted molar refractivity (Wildman–Crippen MR) is 45.4 cm³/mol. The van der Waals surface area contributed by atoms with Crippen LogP contribution < -0.4 is 5.32 Å². The van der Waals surface area contributed by atoms with E-state index in [9.17, 15) is 4.39 Å². The van der Waals surface area contributed by atoms with Crippen LogP contribution in [0.25, 0.3) is 0 Å². The fourth-order valence-corrected chi connectivity index (χ4v) is 1.86. The Kier molecular flexibility index (Phi) is 3.31. The van der Waals surface area contributed by atoms with Gasteiger partial charge >= 0.3 is 0 Å². The van der Waals surface area contributed by atoms with E-state index in [4.69, 9.17) is 0 Å². The van der Waals surface area contributed by atoms with E-state index in [0.717, 1.165) is 6.54 Å². The fraction of sp³-hybridized carbons (Fsp3) is 1.00. The molecule has 0 heterocycles. The second kappa shape index (κ2) is 4.05. The quantitative estimate of drug-likeness (QED) is 0.620. The molecule has 0 bridgehead atoms. The molecule has 1 aliphatic rings. The molecule has 0 saturated heterocycles. The van der Waals surface area contributed by atoms with Gasteiger partial charge in [-0.3, -0.25) is 0 Å². The Morgan fingerprint density at radius 1 is 1.36 bits per heavy atom. The summed E-state index contributed by atoms with van der Waals surface area (Å²) < 4.78 is 11.7. The van der Waals surface area contributed by atoms with Gasteiger partial charge in [0.2, 0.25) is 0 Å². The summed E-state index contributed by atoms with van der Waals surface area (Å²) in [7, 11) is 0. The van der Waals surface area contributed by atoms with Crippen molar-refractivity contribution in [3.63, 3.8) is 0 Å². The molecule has 0 atom stereocenters. The third-order valence-electron chi connectivity index (χ3n) is 2.63. The maximum Gasteiger partial charge on any atom is 0.102 e. The number of rotatable bonds is 4. The Balaban J connectivity index is 2.13. The van der Waals surface area contributed by atoms with Crippen molar-refractivity contribution in [1.29, 1.82) is 0 Å². The van der Waals surface area contributed by atoms with Crippen LogP contribution in [0, 0.1) is 5.41 Å². The Morgan fingerprint density at radius 2 is 2.00 bits per heavy atom. The van der Waals surface area contributed by atoms with E-state index < -0.39 is 0 Å². The minimum atomic E-state index is -0.240. The van der Waals surface area contributed by atoms with Crippen molar-refractivity contribution in [2.75, 3.05) is 19.8 Å². The van der Waals surface area contributed by atoms with E-state index in [1.165, 1.54) is 25.7 Å². The second-order valence-electron chi connectivity index (χ2n) is 3.88. The molecule has 1 fully saturated rings. The summed E-state index contributed by atoms with van der Waals surface area (Å²) in [5, 5.41) is 3.14. The van der Waals surface area contributed by atoms with Gasteiger partial charge in [-0.1, -0.05) is 19.8 Å². The molecule has 0 unspecified atom stereocenters. The number of nitrogens with one attached hydrogen (secondary N) is 1. The van der Waals surface area contributed by atoms with Gasteiger partial charge < -0.3 is 5.32 Å². The second-order valence-corrected chi connectivity index (χ2v) is 3.88. The van der Waals surface area contributed by atoms with Gasteiger partial charge in [-0.2, -0.15) is 0 Å². The first-order valence-electron chi connectivity index (χ1n) is 4.54. The summed E-state index contributed by atoms with van der Waals surface area (Å²) in [4.78, 5) is 0. The van der Waals surface area contributed by atoms with Gasteiger partial charge in [0.15, 0.2) is 0 Å². The van der Waals surface area contributed by atoms with E-state index in [-0.39, 0.29) is 6.67 Å². The molecule has 1 rings (SSSR count). The average Bonchev–Trinajstić information content (AvgIpc) is 2.38. The highest BCUT2D eigenvalue weighted by atomic mass is 19.1. The summed E-state index contributed by atoms with van der Waals surface area (Å²) in [6.07, 6.45) is 5.33. The van der Waals surface area contributed by atoms with E-state index in [1.54, 1.807) is 0 Å². The molecule has 0 spiro atoms. The molecule has 1 N–H and O–H groups in total. The maximum absolute atomic E-state index is 11.7. The van der Waals surface area contributed by atoms with E-state index >= 15 is 0 Å². The molecule has 1 saturated carbocycles. The topological polar surface area (TPSA) is 12.0 Å². The Labute approximate surface area is 68.4 Å². The molecule has 11 heavy (non-hydrogen) atoms. The van der Waals surface area contributed by atoms with Gasteiger partial charge in [0, 0.05) is 13.1 Å². The first-order valence-corrected chi connectivity index (χ1v) is 4.54. The number of alkyl halides is 1. The molecule has 1 aliphatic carbocycles. The highest BCUT2D eigenvalue weighted by Gasteiger charge is 2.27. The maximum atomic E-state index is 11.7. The minimum Gasteiger partial charge on any atom is -0.314 e. The third kappa shape index (κ3) is 2.78. The summed E-state index contributed by atoms with van der Waals surface area (Å²) in [5.74, 6) is 0. The molecule has 0 aromatic rings. The van der Waals surface area contributed by atoms with Gasteiger partial charge in [-0.05, 0) is 18.3 Å². The Bertz CT molecular complexity index is 108. The van der Waals surface area contributed by atoms with Crippen LogP contribution in [0.5, 0.6) is 0 Å². The van der Waals surface area contributed by atoms with Gasteiger partial charge in [-0.15, -0.1) is 0 Å². The summed E-state index contributed by atoms with van der Waals surface area (Å²) in [5.41, 5.74) is 0.467. The van der Waals surface area contributed by atoms with Crippen LogP contribution >= 0.6 is 0 Å². The highest BCUT2D eigenvalue weighted by Crippen LogP contribution is 2.36. The van der Waals surface area contributed by atoms with Crippen LogP contribution in [0.2, 0.25) is 0 Å². The summed E-state index contributed by atoms with van der Waals surface area (Å²) >= 11 is 0. The van der Waals surface area contributed by atoms with Crippen LogP contribution in [0.3, 0.4) is 0 Å². The lowest BCUT2D eigenvalue weighted by atomic mass is 9.89. The van der Waals surface area contributed by atoms with E-state index in [2.05, 4.69) is 12.2 Å². The van der Waals surface area contributed by atoms with Crippen LogP contribution in [0.1, 0.15) is 32.6 Å². The molecule has 0 aromatic carbocycles. The highest BCUT2D eigenvalue weighted by molar-refractivity contribution is 4.81. The van der Waals surface area contributed by atoms with Crippen LogP contribution in [0.4, 0.5) is 4.39 Å². The van der Waals surface area contributed by atoms with Crippen molar-refractivity contribution >= 4 is 0 Å². The minimum absolute atomic E-state index is 0.240. The SMILES string of the molecule is CC1(CNCCF)CCCC1. The van der Waals surface area contributed by atoms with Gasteiger partial charge in [0.05, 0.1) is 0 Å². The van der Waals surface area contributed by atoms with Crippen molar-refractivity contribution in [2.24, 2.45) is 5.41 Å². The monoisotopic (exact) mass is 159 g/mol. The lowest BCUT2D eigenvalue weighted by Crippen LogP contribution is -2.30. The zero-order valence-electron chi connectivity index (χ0n) is 7.33. The zero-order chi connectivity index (χ0) is 8.16. The number of halogens is 1. The van der Waals surface area contributed by atoms with Crippen LogP contribution in [-0.2, 0) is 0 Å². The van der Waals surface area contributed by atoms with E-state index in [0.29, 0.717) is 12.0 Å². The van der Waals surface area contributed by atoms with E-state index in [1.807, 2.05) is 0 Å². The average molecular weight is 159 g/mol. The Morgan fingerprint density at radius 3 is 2.55 bits per heavy atom. The van der Waals surface area contributed by atoms with Crippen molar-refractivity contribution in [3.05, 3.63) is 0 Å². The van der Waals surface area contributed by atoms with Gasteiger partial charge in [-0.25, -0.2) is 4.39 Å². The molecule has 1 nitrogen and oxygen atoms in total. The molecule has 0 amide bonds. The Hall–Kier alpha value is -0.110. The molecule has 0 aliphatic heterocycles. The lowest BCUT2D eigenvalue weighted by molar-refractivity contribution is 0.308. The van der Waals surface area contributed by atoms with Crippen molar-refractivity contribution in [2.45, 2.75) is 32.6 Å². The first-order chi connectivity index (χ1) is 5.27. The largest absolute Gasteiger partial charge is 0.314 e. The van der Waals surface area contributed by atoms with Gasteiger partial charge in [0.1, 0.15) is 6.67 Å². The predicted octanol–water partition coefficient (Wildman–Crippen LogP) is 2.13. The number of hydrogen-bond donors (Lipinski definition) is 1. The molecule has 0 aromatic heterocycles. The molecule has 0 radical (unpaired) electrons. The summed E-state index contributed by atoms with van der Waals surface area (Å²) in [6.45, 7) is 3.58. The smallest absolute Gasteiger partial charge is 0.102 e. The normalized spacial score (nSPS) is 22.4. The molecule has 66 valence electrons. The third-order valence-corrected chi connectivity index (χ3v) is 2.63. The zero-order valence-corrected chi connectivity index (χ0v) is 7.33. The molecular weight excluding hydrogens is 141 g/mol. The molecular formula is C9H18FN. The summed E-state index contributed by atoms with van der Waals surface area (Å²) in [6, 6.07) is 0. The van der Waals surface area contributed by atoms with Crippen molar-refractivity contribution < 1.29 is 4.39 Å². The van der Waals surface area contributed by atoms with Gasteiger partial charge in [0.25, 0.3) is 0 Å². The van der Waals surface area contributed by atoms with Crippen LogP contribution in [-0.4, -0.2) is 19.8 Å². The number of hydrogen-bond acceptors (Lipinski definition) is 1. The fourth-order valence-electron chi connectivity index (χ4n) is 1.86. The van der Waals surface area contributed by atoms with Crippen LogP contribution in [0.15, 0.2) is 0 Å². The lowest BCUT2D eigenvalue weighted by Gasteiger charge is -2.23. The molecule has 2 heteroatoms. The van der Waals surface area contributed by atoms with Crippen molar-refractivity contribution in [1.82, 2.24) is 5.32 Å².